The van der Waals surface area contributed by atoms with E-state index in [4.69, 9.17) is 10.2 Å². The van der Waals surface area contributed by atoms with Crippen molar-refractivity contribution in [2.75, 3.05) is 13.1 Å². The Morgan fingerprint density at radius 2 is 1.67 bits per heavy atom. The number of carbonyl (C=O) groups is 2. The number of hydrogen-bond acceptors (Lipinski definition) is 4. The van der Waals surface area contributed by atoms with Crippen molar-refractivity contribution >= 4 is 24.6 Å². The largest absolute Gasteiger partial charge is 0.480 e. The van der Waals surface area contributed by atoms with Gasteiger partial charge in [0.05, 0.1) is 18.5 Å². The molecule has 0 saturated carbocycles. The maximum atomic E-state index is 10.2. The maximum absolute atomic E-state index is 10.2. The molecule has 0 aliphatic heterocycles. The van der Waals surface area contributed by atoms with E-state index in [-0.39, 0.29) is 18.5 Å². The Balaban J connectivity index is 4.04. The third-order valence-electron chi connectivity index (χ3n) is 1.21. The Kier molecular flexibility index (Phi) is 4.68. The standard InChI is InChI=1S/C6H11NO4S/c1-4(12)7(2-5(8)9)3-6(10)11/h4,12H,2-3H2,1H3,(H,8,9)(H,10,11). The molecule has 0 aromatic carbocycles. The van der Waals surface area contributed by atoms with Gasteiger partial charge >= 0.3 is 11.9 Å². The molecule has 0 aromatic rings. The van der Waals surface area contributed by atoms with Crippen molar-refractivity contribution in [2.24, 2.45) is 0 Å². The van der Waals surface area contributed by atoms with Crippen LogP contribution in [0.25, 0.3) is 0 Å². The first-order chi connectivity index (χ1) is 5.43. The Morgan fingerprint density at radius 1 is 1.33 bits per heavy atom. The third kappa shape index (κ3) is 4.97. The second-order valence-corrected chi connectivity index (χ2v) is 3.07. The van der Waals surface area contributed by atoms with E-state index in [2.05, 4.69) is 12.6 Å². The van der Waals surface area contributed by atoms with Gasteiger partial charge < -0.3 is 10.2 Å². The average Bonchev–Trinajstić information content (AvgIpc) is 1.83. The van der Waals surface area contributed by atoms with Crippen LogP contribution in [0.5, 0.6) is 0 Å². The number of hydrogen-bond donors (Lipinski definition) is 3. The highest BCUT2D eigenvalue weighted by molar-refractivity contribution is 7.80. The van der Waals surface area contributed by atoms with E-state index in [1.165, 1.54) is 4.90 Å². The minimum Gasteiger partial charge on any atom is -0.480 e. The van der Waals surface area contributed by atoms with Crippen molar-refractivity contribution < 1.29 is 19.8 Å². The molecule has 1 atom stereocenters. The predicted octanol–water partition coefficient (Wildman–Crippen LogP) is -0.267. The molecule has 0 heterocycles. The smallest absolute Gasteiger partial charge is 0.317 e. The second-order valence-electron chi connectivity index (χ2n) is 2.32. The van der Waals surface area contributed by atoms with Crippen molar-refractivity contribution in [1.82, 2.24) is 4.90 Å². The molecule has 0 spiro atoms. The van der Waals surface area contributed by atoms with Crippen LogP contribution in [0, 0.1) is 0 Å². The van der Waals surface area contributed by atoms with Crippen molar-refractivity contribution in [3.63, 3.8) is 0 Å². The van der Waals surface area contributed by atoms with Crippen LogP contribution in [0.4, 0.5) is 0 Å². The summed E-state index contributed by atoms with van der Waals surface area (Å²) in [5.74, 6) is -2.12. The molecule has 0 amide bonds. The number of carboxylic acid groups (broad SMARTS) is 2. The topological polar surface area (TPSA) is 77.8 Å². The zero-order valence-corrected chi connectivity index (χ0v) is 7.49. The molecule has 0 radical (unpaired) electrons. The minimum atomic E-state index is -1.06. The molecule has 12 heavy (non-hydrogen) atoms. The summed E-state index contributed by atoms with van der Waals surface area (Å²) in [5.41, 5.74) is 0. The third-order valence-corrected chi connectivity index (χ3v) is 1.53. The van der Waals surface area contributed by atoms with Gasteiger partial charge in [0.15, 0.2) is 0 Å². The molecule has 1 unspecified atom stereocenters. The zero-order chi connectivity index (χ0) is 9.72. The van der Waals surface area contributed by atoms with E-state index in [0.29, 0.717) is 0 Å². The lowest BCUT2D eigenvalue weighted by Gasteiger charge is -2.20. The Morgan fingerprint density at radius 3 is 1.83 bits per heavy atom. The summed E-state index contributed by atoms with van der Waals surface area (Å²) in [7, 11) is 0. The number of nitrogens with zero attached hydrogens (tertiary/aromatic N) is 1. The summed E-state index contributed by atoms with van der Waals surface area (Å²) < 4.78 is 0. The van der Waals surface area contributed by atoms with Gasteiger partial charge in [-0.15, -0.1) is 0 Å². The number of thiol groups is 1. The van der Waals surface area contributed by atoms with Gasteiger partial charge in [-0.25, -0.2) is 0 Å². The van der Waals surface area contributed by atoms with Crippen molar-refractivity contribution in [1.29, 1.82) is 0 Å². The van der Waals surface area contributed by atoms with E-state index in [1.54, 1.807) is 6.92 Å². The molecule has 6 heteroatoms. The Bertz CT molecular complexity index is 166. The van der Waals surface area contributed by atoms with Crippen molar-refractivity contribution in [3.05, 3.63) is 0 Å². The van der Waals surface area contributed by atoms with Gasteiger partial charge in [-0.2, -0.15) is 12.6 Å². The fraction of sp³-hybridized carbons (Fsp3) is 0.667. The zero-order valence-electron chi connectivity index (χ0n) is 6.60. The monoisotopic (exact) mass is 193 g/mol. The van der Waals surface area contributed by atoms with Crippen molar-refractivity contribution in [3.8, 4) is 0 Å². The average molecular weight is 193 g/mol. The Hall–Kier alpha value is -0.750. The highest BCUT2D eigenvalue weighted by Crippen LogP contribution is 2.01. The Labute approximate surface area is 75.4 Å². The fourth-order valence-electron chi connectivity index (χ4n) is 0.668. The lowest BCUT2D eigenvalue weighted by molar-refractivity contribution is -0.141. The molecular formula is C6H11NO4S. The predicted molar refractivity (Wildman–Crippen MR) is 45.3 cm³/mol. The summed E-state index contributed by atoms with van der Waals surface area (Å²) in [6.45, 7) is 1.00. The molecular weight excluding hydrogens is 182 g/mol. The molecule has 0 saturated heterocycles. The second kappa shape index (κ2) is 5.00. The van der Waals surface area contributed by atoms with Crippen LogP contribution >= 0.6 is 12.6 Å². The highest BCUT2D eigenvalue weighted by Gasteiger charge is 2.16. The number of aliphatic carboxylic acids is 2. The van der Waals surface area contributed by atoms with E-state index >= 15 is 0 Å². The first kappa shape index (κ1) is 11.2. The summed E-state index contributed by atoms with van der Waals surface area (Å²) in [6.07, 6.45) is 0. The first-order valence-corrected chi connectivity index (χ1v) is 3.81. The summed E-state index contributed by atoms with van der Waals surface area (Å²) >= 11 is 3.94. The molecule has 0 aliphatic carbocycles. The van der Waals surface area contributed by atoms with Gasteiger partial charge in [0.1, 0.15) is 0 Å². The molecule has 0 aliphatic rings. The van der Waals surface area contributed by atoms with Gasteiger partial charge in [0.25, 0.3) is 0 Å². The summed E-state index contributed by atoms with van der Waals surface area (Å²) in [4.78, 5) is 21.7. The van der Waals surface area contributed by atoms with E-state index in [0.717, 1.165) is 0 Å². The van der Waals surface area contributed by atoms with Crippen LogP contribution in [-0.2, 0) is 9.59 Å². The lowest BCUT2D eigenvalue weighted by Crippen LogP contribution is -2.38. The van der Waals surface area contributed by atoms with Gasteiger partial charge in [-0.1, -0.05) is 0 Å². The van der Waals surface area contributed by atoms with Gasteiger partial charge in [-0.3, -0.25) is 14.5 Å². The van der Waals surface area contributed by atoms with E-state index in [1.807, 2.05) is 0 Å². The van der Waals surface area contributed by atoms with E-state index < -0.39 is 11.9 Å². The number of rotatable bonds is 5. The summed E-state index contributed by atoms with van der Waals surface area (Å²) in [5, 5.41) is 16.4. The SMILES string of the molecule is CC(S)N(CC(=O)O)CC(=O)O. The molecule has 0 rings (SSSR count). The first-order valence-electron chi connectivity index (χ1n) is 3.29. The van der Waals surface area contributed by atoms with Gasteiger partial charge in [0, 0.05) is 0 Å². The highest BCUT2D eigenvalue weighted by atomic mass is 32.1. The molecule has 2 N–H and O–H groups in total. The molecule has 0 bridgehead atoms. The van der Waals surface area contributed by atoms with Crippen LogP contribution in [0.15, 0.2) is 0 Å². The van der Waals surface area contributed by atoms with Crippen LogP contribution < -0.4 is 0 Å². The van der Waals surface area contributed by atoms with Crippen LogP contribution in [-0.4, -0.2) is 45.5 Å². The van der Waals surface area contributed by atoms with Crippen LogP contribution in [0.2, 0.25) is 0 Å². The lowest BCUT2D eigenvalue weighted by atomic mass is 10.4. The fourth-order valence-corrected chi connectivity index (χ4v) is 0.831. The molecule has 5 nitrogen and oxygen atoms in total. The normalized spacial score (nSPS) is 12.9. The minimum absolute atomic E-state index is 0.309. The number of carboxylic acids is 2. The van der Waals surface area contributed by atoms with E-state index in [9.17, 15) is 9.59 Å². The quantitative estimate of drug-likeness (QED) is 0.414. The van der Waals surface area contributed by atoms with Gasteiger partial charge in [-0.05, 0) is 6.92 Å². The van der Waals surface area contributed by atoms with Crippen LogP contribution in [0.3, 0.4) is 0 Å². The van der Waals surface area contributed by atoms with Crippen LogP contribution in [0.1, 0.15) is 6.92 Å². The van der Waals surface area contributed by atoms with Crippen molar-refractivity contribution in [2.45, 2.75) is 12.3 Å². The molecule has 70 valence electrons. The molecule has 0 aromatic heterocycles. The van der Waals surface area contributed by atoms with Gasteiger partial charge in [0.2, 0.25) is 0 Å². The maximum Gasteiger partial charge on any atom is 0.317 e. The molecule has 0 fully saturated rings. The summed E-state index contributed by atoms with van der Waals surface area (Å²) in [6, 6.07) is 0.